The van der Waals surface area contributed by atoms with E-state index in [1.807, 2.05) is 0 Å². The van der Waals surface area contributed by atoms with E-state index in [2.05, 4.69) is 11.8 Å². The van der Waals surface area contributed by atoms with Crippen molar-refractivity contribution in [3.63, 3.8) is 0 Å². The summed E-state index contributed by atoms with van der Waals surface area (Å²) in [4.78, 5) is 14.5. The summed E-state index contributed by atoms with van der Waals surface area (Å²) in [5, 5.41) is 0. The summed E-state index contributed by atoms with van der Waals surface area (Å²) in [7, 11) is 0. The van der Waals surface area contributed by atoms with E-state index in [-0.39, 0.29) is 0 Å². The lowest BCUT2D eigenvalue weighted by Crippen LogP contribution is -2.51. The van der Waals surface area contributed by atoms with Crippen molar-refractivity contribution < 1.29 is 4.79 Å². The number of carbonyl (C=O) groups is 1. The van der Waals surface area contributed by atoms with Crippen molar-refractivity contribution in [1.82, 2.24) is 4.90 Å². The highest BCUT2D eigenvalue weighted by Crippen LogP contribution is 2.30. The Hall–Kier alpha value is -0.370. The lowest BCUT2D eigenvalue weighted by molar-refractivity contribution is -0.126. The highest BCUT2D eigenvalue weighted by Gasteiger charge is 2.35. The Labute approximate surface area is 112 Å². The molecule has 2 saturated heterocycles. The fraction of sp³-hybridized carbons (Fsp3) is 0.938. The standard InChI is InChI=1S/C16H29NO/c1-2-3-4-5-6-9-14-12-16(18)13-15-10-7-8-11-17(14)15/h14-15H,2-13H2,1H3/t14-,15+/m0/s1. The molecule has 0 radical (unpaired) electrons. The molecule has 2 atom stereocenters. The van der Waals surface area contributed by atoms with Crippen LogP contribution < -0.4 is 0 Å². The lowest BCUT2D eigenvalue weighted by atomic mass is 9.86. The number of piperidine rings is 2. The Balaban J connectivity index is 1.76. The van der Waals surface area contributed by atoms with Crippen LogP contribution >= 0.6 is 0 Å². The zero-order valence-electron chi connectivity index (χ0n) is 12.0. The quantitative estimate of drug-likeness (QED) is 0.667. The van der Waals surface area contributed by atoms with Gasteiger partial charge in [0, 0.05) is 24.9 Å². The molecule has 2 heteroatoms. The van der Waals surface area contributed by atoms with Crippen molar-refractivity contribution in [3.05, 3.63) is 0 Å². The first-order valence-corrected chi connectivity index (χ1v) is 8.08. The van der Waals surface area contributed by atoms with Crippen LogP contribution in [-0.2, 0) is 4.79 Å². The van der Waals surface area contributed by atoms with Crippen LogP contribution in [0.3, 0.4) is 0 Å². The fourth-order valence-electron chi connectivity index (χ4n) is 3.70. The van der Waals surface area contributed by atoms with Gasteiger partial charge in [0.05, 0.1) is 0 Å². The van der Waals surface area contributed by atoms with Crippen molar-refractivity contribution >= 4 is 5.78 Å². The number of nitrogens with zero attached hydrogens (tertiary/aromatic N) is 1. The van der Waals surface area contributed by atoms with Gasteiger partial charge in [0.25, 0.3) is 0 Å². The van der Waals surface area contributed by atoms with Crippen molar-refractivity contribution in [3.8, 4) is 0 Å². The molecule has 2 fully saturated rings. The summed E-state index contributed by atoms with van der Waals surface area (Å²) in [5.74, 6) is 0.525. The third-order valence-corrected chi connectivity index (χ3v) is 4.71. The number of carbonyl (C=O) groups excluding carboxylic acids is 1. The number of unbranched alkanes of at least 4 members (excludes halogenated alkanes) is 4. The summed E-state index contributed by atoms with van der Waals surface area (Å²) in [6.07, 6.45) is 13.6. The molecule has 0 N–H and O–H groups in total. The maximum atomic E-state index is 11.8. The Morgan fingerprint density at radius 2 is 1.94 bits per heavy atom. The first-order valence-electron chi connectivity index (χ1n) is 8.08. The average Bonchev–Trinajstić information content (AvgIpc) is 2.38. The Kier molecular flexibility index (Phi) is 5.68. The van der Waals surface area contributed by atoms with Gasteiger partial charge in [-0.15, -0.1) is 0 Å². The van der Waals surface area contributed by atoms with Crippen LogP contribution in [0.25, 0.3) is 0 Å². The highest BCUT2D eigenvalue weighted by molar-refractivity contribution is 5.80. The monoisotopic (exact) mass is 251 g/mol. The largest absolute Gasteiger partial charge is 0.300 e. The molecular weight excluding hydrogens is 222 g/mol. The minimum Gasteiger partial charge on any atom is -0.300 e. The van der Waals surface area contributed by atoms with E-state index in [0.717, 1.165) is 12.8 Å². The molecule has 0 amide bonds. The van der Waals surface area contributed by atoms with Crippen molar-refractivity contribution in [2.75, 3.05) is 6.54 Å². The van der Waals surface area contributed by atoms with Gasteiger partial charge in [-0.2, -0.15) is 0 Å². The average molecular weight is 251 g/mol. The molecule has 2 aliphatic heterocycles. The zero-order chi connectivity index (χ0) is 12.8. The van der Waals surface area contributed by atoms with Crippen LogP contribution in [0, 0.1) is 0 Å². The van der Waals surface area contributed by atoms with E-state index < -0.39 is 0 Å². The third-order valence-electron chi connectivity index (χ3n) is 4.71. The lowest BCUT2D eigenvalue weighted by Gasteiger charge is -2.44. The van der Waals surface area contributed by atoms with Crippen LogP contribution in [0.15, 0.2) is 0 Å². The molecule has 0 aromatic heterocycles. The second-order valence-corrected chi connectivity index (χ2v) is 6.19. The van der Waals surface area contributed by atoms with Gasteiger partial charge in [-0.05, 0) is 25.8 Å². The Morgan fingerprint density at radius 1 is 1.11 bits per heavy atom. The molecule has 18 heavy (non-hydrogen) atoms. The van der Waals surface area contributed by atoms with E-state index in [0.29, 0.717) is 17.9 Å². The zero-order valence-corrected chi connectivity index (χ0v) is 12.0. The molecule has 2 heterocycles. The van der Waals surface area contributed by atoms with E-state index in [1.165, 1.54) is 64.3 Å². The summed E-state index contributed by atoms with van der Waals surface area (Å²) >= 11 is 0. The maximum Gasteiger partial charge on any atom is 0.136 e. The minimum atomic E-state index is 0.525. The molecule has 0 unspecified atom stereocenters. The van der Waals surface area contributed by atoms with Gasteiger partial charge in [-0.3, -0.25) is 9.69 Å². The van der Waals surface area contributed by atoms with Gasteiger partial charge in [-0.25, -0.2) is 0 Å². The molecule has 104 valence electrons. The number of rotatable bonds is 6. The van der Waals surface area contributed by atoms with E-state index in [1.54, 1.807) is 0 Å². The summed E-state index contributed by atoms with van der Waals surface area (Å²) < 4.78 is 0. The van der Waals surface area contributed by atoms with Crippen LogP contribution in [0.2, 0.25) is 0 Å². The van der Waals surface area contributed by atoms with E-state index in [9.17, 15) is 4.79 Å². The first kappa shape index (κ1) is 14.0. The maximum absolute atomic E-state index is 11.8. The summed E-state index contributed by atoms with van der Waals surface area (Å²) in [6, 6.07) is 1.18. The number of hydrogen-bond donors (Lipinski definition) is 0. The second-order valence-electron chi connectivity index (χ2n) is 6.19. The normalized spacial score (nSPS) is 29.3. The number of Topliss-reactive ketones (excluding diaryl/α,β-unsaturated/α-hetero) is 1. The van der Waals surface area contributed by atoms with Crippen LogP contribution in [-0.4, -0.2) is 29.3 Å². The van der Waals surface area contributed by atoms with Crippen molar-refractivity contribution in [1.29, 1.82) is 0 Å². The van der Waals surface area contributed by atoms with Gasteiger partial charge in [-0.1, -0.05) is 45.4 Å². The fourth-order valence-corrected chi connectivity index (χ4v) is 3.70. The van der Waals surface area contributed by atoms with Gasteiger partial charge in [0.2, 0.25) is 0 Å². The molecule has 0 aromatic carbocycles. The molecule has 0 aliphatic carbocycles. The van der Waals surface area contributed by atoms with Gasteiger partial charge < -0.3 is 0 Å². The van der Waals surface area contributed by atoms with Gasteiger partial charge in [0.1, 0.15) is 5.78 Å². The van der Waals surface area contributed by atoms with Crippen molar-refractivity contribution in [2.45, 2.75) is 89.6 Å². The molecular formula is C16H29NO. The molecule has 2 nitrogen and oxygen atoms in total. The molecule has 0 bridgehead atoms. The topological polar surface area (TPSA) is 20.3 Å². The predicted molar refractivity (Wildman–Crippen MR) is 75.8 cm³/mol. The molecule has 2 rings (SSSR count). The number of fused-ring (bicyclic) bond motifs is 1. The Bertz CT molecular complexity index is 264. The minimum absolute atomic E-state index is 0.525. The molecule has 2 aliphatic rings. The van der Waals surface area contributed by atoms with Crippen molar-refractivity contribution in [2.24, 2.45) is 0 Å². The van der Waals surface area contributed by atoms with Gasteiger partial charge in [0.15, 0.2) is 0 Å². The highest BCUT2D eigenvalue weighted by atomic mass is 16.1. The summed E-state index contributed by atoms with van der Waals surface area (Å²) in [6.45, 7) is 3.51. The van der Waals surface area contributed by atoms with E-state index in [4.69, 9.17) is 0 Å². The van der Waals surface area contributed by atoms with Crippen LogP contribution in [0.1, 0.15) is 77.6 Å². The summed E-state index contributed by atoms with van der Waals surface area (Å²) in [5.41, 5.74) is 0. The Morgan fingerprint density at radius 3 is 2.78 bits per heavy atom. The van der Waals surface area contributed by atoms with Gasteiger partial charge >= 0.3 is 0 Å². The van der Waals surface area contributed by atoms with E-state index >= 15 is 0 Å². The third kappa shape index (κ3) is 3.81. The number of ketones is 1. The first-order chi connectivity index (χ1) is 8.81. The predicted octanol–water partition coefficient (Wildman–Crippen LogP) is 3.93. The van der Waals surface area contributed by atoms with Crippen LogP contribution in [0.4, 0.5) is 0 Å². The van der Waals surface area contributed by atoms with Crippen LogP contribution in [0.5, 0.6) is 0 Å². The SMILES string of the molecule is CCCCCCC[C@H]1CC(=O)C[C@H]2CCCCN21. The molecule has 0 spiro atoms. The molecule has 0 aromatic rings. The second kappa shape index (κ2) is 7.28. The number of hydrogen-bond acceptors (Lipinski definition) is 2. The smallest absolute Gasteiger partial charge is 0.136 e. The molecule has 0 saturated carbocycles.